The van der Waals surface area contributed by atoms with E-state index in [1.165, 1.54) is 0 Å². The van der Waals surface area contributed by atoms with Gasteiger partial charge in [0.15, 0.2) is 0 Å². The van der Waals surface area contributed by atoms with Gasteiger partial charge in [-0.05, 0) is 5.31 Å². The highest BCUT2D eigenvalue weighted by molar-refractivity contribution is 6.54. The standard InChI is InChI=1S/C4H9BO2/c6-2-4(3-7)1-5-4/h5-7H,1-3H2. The first-order valence-corrected chi connectivity index (χ1v) is 2.55. The SMILES string of the molecule is OCC1(CO)BC1. The van der Waals surface area contributed by atoms with Crippen LogP contribution in [0.25, 0.3) is 0 Å². The molecular weight excluding hydrogens is 90.9 g/mol. The Morgan fingerprint density at radius 2 is 1.86 bits per heavy atom. The Morgan fingerprint density at radius 3 is 1.86 bits per heavy atom. The molecule has 1 fully saturated rings. The van der Waals surface area contributed by atoms with E-state index in [4.69, 9.17) is 10.2 Å². The van der Waals surface area contributed by atoms with Gasteiger partial charge >= 0.3 is 0 Å². The Morgan fingerprint density at radius 1 is 1.43 bits per heavy atom. The Labute approximate surface area is 43.4 Å². The molecule has 0 aromatic rings. The van der Waals surface area contributed by atoms with E-state index >= 15 is 0 Å². The van der Waals surface area contributed by atoms with Crippen LogP contribution in [0.15, 0.2) is 0 Å². The summed E-state index contributed by atoms with van der Waals surface area (Å²) in [7, 11) is 1.00. The van der Waals surface area contributed by atoms with Crippen molar-refractivity contribution >= 4 is 7.28 Å². The van der Waals surface area contributed by atoms with Crippen molar-refractivity contribution in [1.82, 2.24) is 0 Å². The maximum absolute atomic E-state index is 8.50. The number of hydrogen-bond donors (Lipinski definition) is 2. The first kappa shape index (κ1) is 5.13. The molecule has 0 saturated carbocycles. The van der Waals surface area contributed by atoms with E-state index in [1.807, 2.05) is 0 Å². The van der Waals surface area contributed by atoms with Gasteiger partial charge in [-0.25, -0.2) is 0 Å². The molecule has 1 aliphatic heterocycles. The van der Waals surface area contributed by atoms with Crippen LogP contribution in [0.5, 0.6) is 0 Å². The third-order valence-corrected chi connectivity index (χ3v) is 1.63. The largest absolute Gasteiger partial charge is 0.396 e. The third kappa shape index (κ3) is 0.788. The lowest BCUT2D eigenvalue weighted by atomic mass is 9.89. The van der Waals surface area contributed by atoms with E-state index in [0.29, 0.717) is 0 Å². The summed E-state index contributed by atoms with van der Waals surface area (Å²) in [5, 5.41) is 16.9. The second-order valence-electron chi connectivity index (χ2n) is 2.32. The van der Waals surface area contributed by atoms with Gasteiger partial charge in [0.2, 0.25) is 0 Å². The van der Waals surface area contributed by atoms with Crippen molar-refractivity contribution in [1.29, 1.82) is 0 Å². The summed E-state index contributed by atoms with van der Waals surface area (Å²) in [4.78, 5) is 0. The van der Waals surface area contributed by atoms with Gasteiger partial charge in [0.1, 0.15) is 7.28 Å². The summed E-state index contributed by atoms with van der Waals surface area (Å²) in [6, 6.07) is 0. The van der Waals surface area contributed by atoms with Crippen molar-refractivity contribution in [2.24, 2.45) is 0 Å². The summed E-state index contributed by atoms with van der Waals surface area (Å²) < 4.78 is 0. The molecule has 1 rings (SSSR count). The van der Waals surface area contributed by atoms with Gasteiger partial charge < -0.3 is 10.2 Å². The van der Waals surface area contributed by atoms with Crippen molar-refractivity contribution in [3.63, 3.8) is 0 Å². The predicted molar refractivity (Wildman–Crippen MR) is 28.8 cm³/mol. The lowest BCUT2D eigenvalue weighted by Crippen LogP contribution is -2.05. The van der Waals surface area contributed by atoms with Gasteiger partial charge in [0.25, 0.3) is 0 Å². The molecular formula is C4H9BO2. The maximum Gasteiger partial charge on any atom is 0.133 e. The normalized spacial score (nSPS) is 23.7. The van der Waals surface area contributed by atoms with E-state index in [9.17, 15) is 0 Å². The highest BCUT2D eigenvalue weighted by Crippen LogP contribution is 2.44. The lowest BCUT2D eigenvalue weighted by Gasteiger charge is -2.03. The Balaban J connectivity index is 2.28. The van der Waals surface area contributed by atoms with E-state index in [1.54, 1.807) is 0 Å². The van der Waals surface area contributed by atoms with Crippen LogP contribution in [0.1, 0.15) is 0 Å². The molecule has 0 unspecified atom stereocenters. The molecule has 0 atom stereocenters. The Bertz CT molecular complexity index is 64.1. The van der Waals surface area contributed by atoms with Gasteiger partial charge in [0.05, 0.1) is 0 Å². The van der Waals surface area contributed by atoms with E-state index in [0.717, 1.165) is 13.6 Å². The maximum atomic E-state index is 8.50. The molecule has 7 heavy (non-hydrogen) atoms. The number of aliphatic hydroxyl groups excluding tert-OH is 2. The quantitative estimate of drug-likeness (QED) is 0.437. The van der Waals surface area contributed by atoms with Gasteiger partial charge in [0, 0.05) is 13.2 Å². The lowest BCUT2D eigenvalue weighted by molar-refractivity contribution is 0.191. The molecule has 2 nitrogen and oxygen atoms in total. The van der Waals surface area contributed by atoms with Gasteiger partial charge in [-0.2, -0.15) is 0 Å². The smallest absolute Gasteiger partial charge is 0.133 e. The van der Waals surface area contributed by atoms with Crippen LogP contribution in [-0.2, 0) is 0 Å². The van der Waals surface area contributed by atoms with Crippen molar-refractivity contribution in [3.8, 4) is 0 Å². The molecule has 0 radical (unpaired) electrons. The molecule has 0 amide bonds. The molecule has 0 aromatic carbocycles. The minimum absolute atomic E-state index is 0.0556. The number of hydrogen-bond acceptors (Lipinski definition) is 2. The fourth-order valence-electron chi connectivity index (χ4n) is 0.543. The minimum atomic E-state index is -0.0556. The summed E-state index contributed by atoms with van der Waals surface area (Å²) in [6.07, 6.45) is 1.00. The molecule has 1 aliphatic rings. The van der Waals surface area contributed by atoms with Crippen molar-refractivity contribution in [2.45, 2.75) is 11.6 Å². The second kappa shape index (κ2) is 1.49. The number of rotatable bonds is 2. The monoisotopic (exact) mass is 100 g/mol. The highest BCUT2D eigenvalue weighted by atomic mass is 16.3. The van der Waals surface area contributed by atoms with E-state index < -0.39 is 0 Å². The fraction of sp³-hybridized carbons (Fsp3) is 1.00. The second-order valence-corrected chi connectivity index (χ2v) is 2.32. The molecule has 1 saturated heterocycles. The average Bonchev–Trinajstić information content (AvgIpc) is 2.46. The molecule has 0 aliphatic carbocycles. The van der Waals surface area contributed by atoms with Crippen molar-refractivity contribution in [3.05, 3.63) is 0 Å². The van der Waals surface area contributed by atoms with Crippen molar-refractivity contribution < 1.29 is 10.2 Å². The van der Waals surface area contributed by atoms with Crippen LogP contribution in [-0.4, -0.2) is 30.7 Å². The first-order valence-electron chi connectivity index (χ1n) is 2.55. The highest BCUT2D eigenvalue weighted by Gasteiger charge is 2.42. The molecule has 0 aromatic heterocycles. The number of aliphatic hydroxyl groups is 2. The molecule has 1 heterocycles. The van der Waals surface area contributed by atoms with Crippen molar-refractivity contribution in [2.75, 3.05) is 13.2 Å². The van der Waals surface area contributed by atoms with Gasteiger partial charge in [-0.3, -0.25) is 0 Å². The zero-order valence-electron chi connectivity index (χ0n) is 4.22. The fourth-order valence-corrected chi connectivity index (χ4v) is 0.543. The molecule has 0 bridgehead atoms. The zero-order valence-corrected chi connectivity index (χ0v) is 4.22. The molecule has 40 valence electrons. The Kier molecular flexibility index (Phi) is 1.09. The average molecular weight is 99.9 g/mol. The first-order chi connectivity index (χ1) is 3.33. The molecule has 2 N–H and O–H groups in total. The van der Waals surface area contributed by atoms with Crippen LogP contribution < -0.4 is 0 Å². The summed E-state index contributed by atoms with van der Waals surface area (Å²) in [5.74, 6) is 0. The predicted octanol–water partition coefficient (Wildman–Crippen LogP) is -1.00. The molecule has 3 heteroatoms. The van der Waals surface area contributed by atoms with Crippen LogP contribution in [0, 0.1) is 0 Å². The van der Waals surface area contributed by atoms with Crippen LogP contribution >= 0.6 is 0 Å². The summed E-state index contributed by atoms with van der Waals surface area (Å²) in [5.41, 5.74) is 0. The zero-order chi connectivity index (χ0) is 5.33. The summed E-state index contributed by atoms with van der Waals surface area (Å²) >= 11 is 0. The van der Waals surface area contributed by atoms with Crippen LogP contribution in [0.3, 0.4) is 0 Å². The molecule has 0 spiro atoms. The van der Waals surface area contributed by atoms with Gasteiger partial charge in [-0.15, -0.1) is 0 Å². The van der Waals surface area contributed by atoms with Crippen LogP contribution in [0.4, 0.5) is 0 Å². The minimum Gasteiger partial charge on any atom is -0.396 e. The van der Waals surface area contributed by atoms with E-state index in [-0.39, 0.29) is 18.5 Å². The van der Waals surface area contributed by atoms with E-state index in [2.05, 4.69) is 0 Å². The topological polar surface area (TPSA) is 40.5 Å². The summed E-state index contributed by atoms with van der Waals surface area (Å²) in [6.45, 7) is 0.312. The third-order valence-electron chi connectivity index (χ3n) is 1.63. The van der Waals surface area contributed by atoms with Gasteiger partial charge in [-0.1, -0.05) is 6.32 Å². The Hall–Kier alpha value is -0.0151. The van der Waals surface area contributed by atoms with Crippen LogP contribution in [0.2, 0.25) is 11.6 Å².